The number of hydrogen-bond acceptors (Lipinski definition) is 5. The van der Waals surface area contributed by atoms with E-state index in [1.165, 1.54) is 0 Å². The highest BCUT2D eigenvalue weighted by molar-refractivity contribution is 7.80. The van der Waals surface area contributed by atoms with E-state index in [9.17, 15) is 0 Å². The summed E-state index contributed by atoms with van der Waals surface area (Å²) < 4.78 is 0. The van der Waals surface area contributed by atoms with Crippen LogP contribution in [0.3, 0.4) is 0 Å². The van der Waals surface area contributed by atoms with Crippen LogP contribution in [0, 0.1) is 0 Å². The molecule has 2 heterocycles. The van der Waals surface area contributed by atoms with Crippen LogP contribution in [0.2, 0.25) is 0 Å². The van der Waals surface area contributed by atoms with Gasteiger partial charge in [-0.15, -0.1) is 11.3 Å². The molecule has 0 aliphatic carbocycles. The van der Waals surface area contributed by atoms with Gasteiger partial charge in [-0.1, -0.05) is 25.2 Å². The summed E-state index contributed by atoms with van der Waals surface area (Å²) in [6.45, 7) is 2.11. The lowest BCUT2D eigenvalue weighted by Gasteiger charge is -2.15. The minimum Gasteiger partial charge on any atom is -0.388 e. The third-order valence-corrected chi connectivity index (χ3v) is 3.58. The van der Waals surface area contributed by atoms with Crippen LogP contribution in [0.1, 0.15) is 30.1 Å². The molecule has 3 N–H and O–H groups in total. The number of nitrogens with two attached hydrogens (primary N) is 1. The number of nitrogens with zero attached hydrogens (tertiary/aromatic N) is 2. The zero-order chi connectivity index (χ0) is 13.0. The summed E-state index contributed by atoms with van der Waals surface area (Å²) in [5.41, 5.74) is 6.20. The second kappa shape index (κ2) is 5.88. The van der Waals surface area contributed by atoms with E-state index in [0.29, 0.717) is 10.7 Å². The molecule has 94 valence electrons. The van der Waals surface area contributed by atoms with Crippen molar-refractivity contribution >= 4 is 34.4 Å². The van der Waals surface area contributed by atoms with Gasteiger partial charge in [-0.05, 0) is 18.6 Å². The maximum absolute atomic E-state index is 5.57. The number of nitrogens with one attached hydrogen (secondary N) is 1. The molecule has 0 aliphatic heterocycles. The normalized spacial score (nSPS) is 12.1. The first-order chi connectivity index (χ1) is 8.70. The van der Waals surface area contributed by atoms with Gasteiger partial charge < -0.3 is 11.1 Å². The Kier molecular flexibility index (Phi) is 4.22. The van der Waals surface area contributed by atoms with Gasteiger partial charge in [0.15, 0.2) is 0 Å². The largest absolute Gasteiger partial charge is 0.388 e. The van der Waals surface area contributed by atoms with Crippen molar-refractivity contribution in [3.63, 3.8) is 0 Å². The first-order valence-electron chi connectivity index (χ1n) is 5.63. The van der Waals surface area contributed by atoms with Gasteiger partial charge in [0, 0.05) is 11.6 Å². The van der Waals surface area contributed by atoms with E-state index in [0.717, 1.165) is 17.2 Å². The summed E-state index contributed by atoms with van der Waals surface area (Å²) in [6.07, 6.45) is 2.75. The second-order valence-corrected chi connectivity index (χ2v) is 5.11. The molecule has 1 unspecified atom stereocenters. The standard InChI is InChI=1S/C12H14N4S2/c1-2-8(12-14-6-7-18-12)15-10-5-3-4-9(16-10)11(13)17/h3-8H,2H2,1H3,(H2,13,17)(H,15,16). The number of pyridine rings is 1. The molecule has 0 fully saturated rings. The van der Waals surface area contributed by atoms with E-state index in [2.05, 4.69) is 22.2 Å². The van der Waals surface area contributed by atoms with Crippen molar-refractivity contribution in [3.8, 4) is 0 Å². The van der Waals surface area contributed by atoms with Crippen LogP contribution >= 0.6 is 23.6 Å². The van der Waals surface area contributed by atoms with Gasteiger partial charge in [-0.25, -0.2) is 9.97 Å². The van der Waals surface area contributed by atoms with E-state index < -0.39 is 0 Å². The lowest BCUT2D eigenvalue weighted by Crippen LogP contribution is -2.15. The molecular formula is C12H14N4S2. The van der Waals surface area contributed by atoms with Crippen LogP contribution in [0.25, 0.3) is 0 Å². The molecule has 6 heteroatoms. The third kappa shape index (κ3) is 3.02. The minimum absolute atomic E-state index is 0.166. The molecule has 2 aromatic heterocycles. The fraction of sp³-hybridized carbons (Fsp3) is 0.250. The Hall–Kier alpha value is -1.53. The first kappa shape index (κ1) is 12.9. The van der Waals surface area contributed by atoms with Crippen molar-refractivity contribution in [1.29, 1.82) is 0 Å². The van der Waals surface area contributed by atoms with Gasteiger partial charge in [0.25, 0.3) is 0 Å². The highest BCUT2D eigenvalue weighted by Crippen LogP contribution is 2.23. The molecule has 0 aromatic carbocycles. The SMILES string of the molecule is CCC(Nc1cccc(C(N)=S)n1)c1nccs1. The van der Waals surface area contributed by atoms with Crippen LogP contribution in [0.4, 0.5) is 5.82 Å². The summed E-state index contributed by atoms with van der Waals surface area (Å²) in [7, 11) is 0. The zero-order valence-corrected chi connectivity index (χ0v) is 11.6. The Morgan fingerprint density at radius 2 is 2.39 bits per heavy atom. The highest BCUT2D eigenvalue weighted by Gasteiger charge is 2.12. The van der Waals surface area contributed by atoms with Crippen LogP contribution in [-0.2, 0) is 0 Å². The average Bonchev–Trinajstić information content (AvgIpc) is 2.90. The molecule has 18 heavy (non-hydrogen) atoms. The molecule has 0 aliphatic rings. The summed E-state index contributed by atoms with van der Waals surface area (Å²) in [4.78, 5) is 8.99. The smallest absolute Gasteiger partial charge is 0.127 e. The fourth-order valence-corrected chi connectivity index (χ4v) is 2.46. The topological polar surface area (TPSA) is 63.8 Å². The van der Waals surface area contributed by atoms with Gasteiger partial charge in [0.1, 0.15) is 15.8 Å². The Morgan fingerprint density at radius 3 is 3.00 bits per heavy atom. The Morgan fingerprint density at radius 1 is 1.56 bits per heavy atom. The molecule has 0 amide bonds. The molecule has 0 radical (unpaired) electrons. The number of thiazole rings is 1. The van der Waals surface area contributed by atoms with E-state index >= 15 is 0 Å². The number of aromatic nitrogens is 2. The highest BCUT2D eigenvalue weighted by atomic mass is 32.1. The van der Waals surface area contributed by atoms with E-state index in [-0.39, 0.29) is 6.04 Å². The van der Waals surface area contributed by atoms with Crippen molar-refractivity contribution in [3.05, 3.63) is 40.5 Å². The lowest BCUT2D eigenvalue weighted by molar-refractivity contribution is 0.737. The van der Waals surface area contributed by atoms with Crippen LogP contribution in [-0.4, -0.2) is 15.0 Å². The second-order valence-electron chi connectivity index (χ2n) is 3.75. The van der Waals surface area contributed by atoms with E-state index in [4.69, 9.17) is 18.0 Å². The Balaban J connectivity index is 2.17. The Labute approximate surface area is 115 Å². The quantitative estimate of drug-likeness (QED) is 0.823. The van der Waals surface area contributed by atoms with Crippen molar-refractivity contribution in [2.45, 2.75) is 19.4 Å². The molecule has 2 aromatic rings. The Bertz CT molecular complexity index is 525. The fourth-order valence-electron chi connectivity index (χ4n) is 1.58. The zero-order valence-electron chi connectivity index (χ0n) is 9.96. The number of thiocarbonyl (C=S) groups is 1. The summed E-state index contributed by atoms with van der Waals surface area (Å²) >= 11 is 6.55. The lowest BCUT2D eigenvalue weighted by atomic mass is 10.2. The number of hydrogen-bond donors (Lipinski definition) is 2. The predicted octanol–water partition coefficient (Wildman–Crippen LogP) is 2.74. The molecule has 0 saturated heterocycles. The molecule has 0 spiro atoms. The van der Waals surface area contributed by atoms with Crippen molar-refractivity contribution in [1.82, 2.24) is 9.97 Å². The van der Waals surface area contributed by atoms with Gasteiger partial charge in [0.2, 0.25) is 0 Å². The van der Waals surface area contributed by atoms with Gasteiger partial charge in [-0.2, -0.15) is 0 Å². The summed E-state index contributed by atoms with van der Waals surface area (Å²) in [5.74, 6) is 0.766. The molecule has 0 saturated carbocycles. The van der Waals surface area contributed by atoms with Crippen molar-refractivity contribution in [2.24, 2.45) is 5.73 Å². The maximum atomic E-state index is 5.57. The van der Waals surface area contributed by atoms with Gasteiger partial charge in [0.05, 0.1) is 11.7 Å². The molecule has 2 rings (SSSR count). The molecule has 4 nitrogen and oxygen atoms in total. The van der Waals surface area contributed by atoms with Gasteiger partial charge in [-0.3, -0.25) is 0 Å². The average molecular weight is 278 g/mol. The van der Waals surface area contributed by atoms with Gasteiger partial charge >= 0.3 is 0 Å². The molecular weight excluding hydrogens is 264 g/mol. The maximum Gasteiger partial charge on any atom is 0.127 e. The summed E-state index contributed by atoms with van der Waals surface area (Å²) in [5, 5.41) is 6.37. The predicted molar refractivity (Wildman–Crippen MR) is 78.9 cm³/mol. The number of anilines is 1. The molecule has 0 bridgehead atoms. The van der Waals surface area contributed by atoms with E-state index in [1.807, 2.05) is 23.7 Å². The van der Waals surface area contributed by atoms with Crippen molar-refractivity contribution < 1.29 is 0 Å². The number of rotatable bonds is 5. The minimum atomic E-state index is 0.166. The first-order valence-corrected chi connectivity index (χ1v) is 6.92. The van der Waals surface area contributed by atoms with E-state index in [1.54, 1.807) is 17.4 Å². The van der Waals surface area contributed by atoms with Crippen LogP contribution in [0.5, 0.6) is 0 Å². The molecule has 1 atom stereocenters. The van der Waals surface area contributed by atoms with Crippen LogP contribution < -0.4 is 11.1 Å². The van der Waals surface area contributed by atoms with Crippen LogP contribution in [0.15, 0.2) is 29.8 Å². The monoisotopic (exact) mass is 278 g/mol. The third-order valence-electron chi connectivity index (χ3n) is 2.48. The van der Waals surface area contributed by atoms with Crippen molar-refractivity contribution in [2.75, 3.05) is 5.32 Å². The summed E-state index contributed by atoms with van der Waals surface area (Å²) in [6, 6.07) is 5.76.